The number of aryl methyl sites for hydroxylation is 4. The van der Waals surface area contributed by atoms with Gasteiger partial charge in [-0.15, -0.1) is 53.6 Å². The van der Waals surface area contributed by atoms with Crippen LogP contribution in [0.4, 0.5) is 0 Å². The van der Waals surface area contributed by atoms with Gasteiger partial charge in [-0.1, -0.05) is 78.0 Å². The second-order valence-corrected chi connectivity index (χ2v) is 9.58. The van der Waals surface area contributed by atoms with Crippen molar-refractivity contribution in [3.63, 3.8) is 0 Å². The van der Waals surface area contributed by atoms with E-state index in [1.165, 1.54) is 30.5 Å². The summed E-state index contributed by atoms with van der Waals surface area (Å²) in [5, 5.41) is 11.3. The van der Waals surface area contributed by atoms with Crippen molar-refractivity contribution in [1.82, 2.24) is 9.97 Å². The van der Waals surface area contributed by atoms with Gasteiger partial charge in [-0.25, -0.2) is 0 Å². The third-order valence-corrected chi connectivity index (χ3v) is 6.80. The number of nitriles is 1. The number of aromatic nitrogens is 2. The van der Waals surface area contributed by atoms with E-state index >= 15 is 0 Å². The van der Waals surface area contributed by atoms with Crippen molar-refractivity contribution in [1.29, 1.82) is 5.26 Å². The largest absolute Gasteiger partial charge is 0.500 e. The Balaban J connectivity index is 0.000000244. The molecule has 44 heavy (non-hydrogen) atoms. The van der Waals surface area contributed by atoms with Crippen molar-refractivity contribution >= 4 is 21.9 Å². The van der Waals surface area contributed by atoms with Crippen LogP contribution in [0.1, 0.15) is 44.3 Å². The van der Waals surface area contributed by atoms with Crippen molar-refractivity contribution in [2.75, 3.05) is 0 Å². The molecule has 0 aliphatic rings. The molecular formula is C39H29IrN3O-2. The Bertz CT molecular complexity index is 2480. The summed E-state index contributed by atoms with van der Waals surface area (Å²) in [5.74, 6) is 0. The summed E-state index contributed by atoms with van der Waals surface area (Å²) in [5.41, 5.74) is 4.44. The van der Waals surface area contributed by atoms with Crippen LogP contribution in [0.2, 0.25) is 0 Å². The molecule has 0 saturated carbocycles. The van der Waals surface area contributed by atoms with Crippen LogP contribution in [0.3, 0.4) is 0 Å². The fourth-order valence-corrected chi connectivity index (χ4v) is 4.71. The van der Waals surface area contributed by atoms with Crippen LogP contribution in [0.15, 0.2) is 108 Å². The monoisotopic (exact) mass is 760 g/mol. The molecular weight excluding hydrogens is 719 g/mol. The average Bonchev–Trinajstić information content (AvgIpc) is 3.52. The predicted octanol–water partition coefficient (Wildman–Crippen LogP) is 9.77. The summed E-state index contributed by atoms with van der Waals surface area (Å²) in [6.45, 7) is -9.61. The molecule has 0 saturated heterocycles. The van der Waals surface area contributed by atoms with Crippen molar-refractivity contribution in [2.45, 2.75) is 27.4 Å². The third-order valence-electron chi connectivity index (χ3n) is 6.80. The Morgan fingerprint density at radius 3 is 2.25 bits per heavy atom. The van der Waals surface area contributed by atoms with E-state index in [1.807, 2.05) is 42.5 Å². The zero-order valence-electron chi connectivity index (χ0n) is 34.9. The molecule has 3 aromatic heterocycles. The Kier molecular flexibility index (Phi) is 5.61. The van der Waals surface area contributed by atoms with Gasteiger partial charge in [0.2, 0.25) is 0 Å². The summed E-state index contributed by atoms with van der Waals surface area (Å²) in [4.78, 5) is 8.35. The number of benzene rings is 4. The molecule has 0 amide bonds. The molecule has 0 N–H and O–H groups in total. The van der Waals surface area contributed by atoms with Gasteiger partial charge in [0.25, 0.3) is 0 Å². The standard InChI is InChI=1S/C26H17N2O.C13H12N.Ir/c1-16-13-23(28-15-17(16)2)22-10-6-9-20-21-12-11-19(14-27)24(26(21)29-25(20)22)18-7-4-3-5-8-18;1-10-3-6-12(7-4-10)13-8-5-11(2)9-14-13;/h3-9,11-13,15H,1-2H3;3-6,8-9H,1-2H3;/q2*-1;/i2*1D3,2D3;. The molecule has 0 bridgehead atoms. The maximum absolute atomic E-state index is 9.74. The molecule has 4 nitrogen and oxygen atoms in total. The van der Waals surface area contributed by atoms with Crippen molar-refractivity contribution in [3.05, 3.63) is 143 Å². The summed E-state index contributed by atoms with van der Waals surface area (Å²) in [7, 11) is 0. The minimum Gasteiger partial charge on any atom is -0.500 e. The van der Waals surface area contributed by atoms with Gasteiger partial charge in [-0.2, -0.15) is 5.26 Å². The quantitative estimate of drug-likeness (QED) is 0.168. The van der Waals surface area contributed by atoms with E-state index in [1.54, 1.807) is 24.3 Å². The van der Waals surface area contributed by atoms with Gasteiger partial charge >= 0.3 is 0 Å². The maximum atomic E-state index is 9.74. The smallest absolute Gasteiger partial charge is 0.130 e. The van der Waals surface area contributed by atoms with Gasteiger partial charge < -0.3 is 14.4 Å². The Morgan fingerprint density at radius 2 is 1.55 bits per heavy atom. The number of furan rings is 1. The van der Waals surface area contributed by atoms with Gasteiger partial charge in [0.1, 0.15) is 5.58 Å². The summed E-state index contributed by atoms with van der Waals surface area (Å²) in [6.07, 6.45) is 2.39. The first-order chi connectivity index (χ1) is 25.8. The fraction of sp³-hybridized carbons (Fsp3) is 0.103. The van der Waals surface area contributed by atoms with Crippen molar-refractivity contribution < 1.29 is 41.0 Å². The number of pyridine rings is 2. The summed E-state index contributed by atoms with van der Waals surface area (Å²) >= 11 is 0. The molecule has 217 valence electrons. The topological polar surface area (TPSA) is 62.7 Å². The molecule has 5 heteroatoms. The summed E-state index contributed by atoms with van der Waals surface area (Å²) < 4.78 is 96.7. The normalized spacial score (nSPS) is 15.7. The maximum Gasteiger partial charge on any atom is 0.130 e. The van der Waals surface area contributed by atoms with Crippen LogP contribution in [-0.4, -0.2) is 9.97 Å². The minimum absolute atomic E-state index is 0. The van der Waals surface area contributed by atoms with E-state index in [4.69, 9.17) is 20.9 Å². The fourth-order valence-electron chi connectivity index (χ4n) is 4.71. The van der Waals surface area contributed by atoms with Crippen LogP contribution in [0.5, 0.6) is 0 Å². The zero-order valence-corrected chi connectivity index (χ0v) is 25.3. The molecule has 0 fully saturated rings. The predicted molar refractivity (Wildman–Crippen MR) is 173 cm³/mol. The number of rotatable bonds is 3. The third kappa shape index (κ3) is 6.10. The van der Waals surface area contributed by atoms with Crippen LogP contribution in [0.25, 0.3) is 55.6 Å². The Hall–Kier alpha value is -4.88. The van der Waals surface area contributed by atoms with Gasteiger partial charge in [-0.05, 0) is 54.7 Å². The molecule has 0 unspecified atom stereocenters. The first-order valence-corrected chi connectivity index (χ1v) is 13.1. The van der Waals surface area contributed by atoms with E-state index in [-0.39, 0.29) is 48.1 Å². The summed E-state index contributed by atoms with van der Waals surface area (Å²) in [6, 6.07) is 33.5. The van der Waals surface area contributed by atoms with Crippen molar-refractivity contribution in [3.8, 4) is 39.7 Å². The molecule has 0 atom stereocenters. The first-order valence-electron chi connectivity index (χ1n) is 19.1. The Morgan fingerprint density at radius 1 is 0.750 bits per heavy atom. The van der Waals surface area contributed by atoms with E-state index in [0.29, 0.717) is 39.1 Å². The Labute approximate surface area is 288 Å². The number of hydrogen-bond donors (Lipinski definition) is 0. The first kappa shape index (κ1) is 18.7. The van der Waals surface area contributed by atoms with E-state index < -0.39 is 27.4 Å². The minimum atomic E-state index is -2.65. The SMILES string of the molecule is [2H]C([2H])([2H])c1c[c-]c(-c2ccc(C([2H])([2H])[2H])cn2)cc1.[2H]C([2H])([2H])c1cnc(-c2[c-]ccc3c2oc2c(-c4ccccc4)c(C#N)ccc23)cc1C([2H])([2H])[2H].[Ir]. The van der Waals surface area contributed by atoms with Crippen LogP contribution >= 0.6 is 0 Å². The molecule has 0 aliphatic carbocycles. The molecule has 0 spiro atoms. The van der Waals surface area contributed by atoms with Crippen LogP contribution in [-0.2, 0) is 20.1 Å². The van der Waals surface area contributed by atoms with Crippen molar-refractivity contribution in [2.24, 2.45) is 0 Å². The van der Waals surface area contributed by atoms with Gasteiger partial charge in [0, 0.05) is 59.9 Å². The van der Waals surface area contributed by atoms with Gasteiger partial charge in [0.15, 0.2) is 0 Å². The molecule has 0 aliphatic heterocycles. The van der Waals surface area contributed by atoms with Crippen LogP contribution < -0.4 is 0 Å². The van der Waals surface area contributed by atoms with E-state index in [2.05, 4.69) is 28.2 Å². The number of nitrogens with zero attached hydrogens (tertiary/aromatic N) is 3. The second-order valence-electron chi connectivity index (χ2n) is 9.58. The molecule has 7 aromatic rings. The van der Waals surface area contributed by atoms with E-state index in [9.17, 15) is 5.26 Å². The molecule has 1 radical (unpaired) electrons. The number of hydrogen-bond acceptors (Lipinski definition) is 4. The van der Waals surface area contributed by atoms with Crippen LogP contribution in [0, 0.1) is 50.9 Å². The zero-order chi connectivity index (χ0) is 39.9. The van der Waals surface area contributed by atoms with E-state index in [0.717, 1.165) is 22.5 Å². The molecule has 7 rings (SSSR count). The van der Waals surface area contributed by atoms with Gasteiger partial charge in [0.05, 0.1) is 17.2 Å². The van der Waals surface area contributed by atoms with Gasteiger partial charge in [-0.3, -0.25) is 0 Å². The molecule has 4 aromatic carbocycles. The molecule has 3 heterocycles. The number of fused-ring (bicyclic) bond motifs is 3. The second kappa shape index (κ2) is 13.2. The average molecular weight is 760 g/mol.